The van der Waals surface area contributed by atoms with E-state index < -0.39 is 0 Å². The van der Waals surface area contributed by atoms with E-state index in [1.54, 1.807) is 0 Å². The van der Waals surface area contributed by atoms with Gasteiger partial charge < -0.3 is 4.90 Å². The Morgan fingerprint density at radius 2 is 1.36 bits per heavy atom. The number of piperazine rings is 1. The van der Waals surface area contributed by atoms with E-state index >= 15 is 0 Å². The molecule has 1 fully saturated rings. The summed E-state index contributed by atoms with van der Waals surface area (Å²) in [5.74, 6) is 1.50. The summed E-state index contributed by atoms with van der Waals surface area (Å²) >= 11 is 0. The highest BCUT2D eigenvalue weighted by Gasteiger charge is 2.16. The molecular formula is C23H40N2. The van der Waals surface area contributed by atoms with Crippen molar-refractivity contribution in [2.75, 3.05) is 32.7 Å². The van der Waals surface area contributed by atoms with Crippen LogP contribution in [0.1, 0.15) is 76.8 Å². The van der Waals surface area contributed by atoms with Crippen LogP contribution in [0.4, 0.5) is 0 Å². The summed E-state index contributed by atoms with van der Waals surface area (Å²) in [5.41, 5.74) is 2.91. The molecule has 0 atom stereocenters. The first kappa shape index (κ1) is 20.5. The van der Waals surface area contributed by atoms with Gasteiger partial charge in [0.25, 0.3) is 0 Å². The Balaban J connectivity index is 1.58. The molecule has 0 saturated carbocycles. The van der Waals surface area contributed by atoms with Gasteiger partial charge in [-0.15, -0.1) is 0 Å². The van der Waals surface area contributed by atoms with Crippen molar-refractivity contribution >= 4 is 0 Å². The summed E-state index contributed by atoms with van der Waals surface area (Å²) in [6.45, 7) is 16.5. The van der Waals surface area contributed by atoms with Gasteiger partial charge in [-0.1, -0.05) is 77.6 Å². The molecule has 0 aromatic heterocycles. The molecule has 1 aromatic rings. The van der Waals surface area contributed by atoms with Crippen LogP contribution in [0.5, 0.6) is 0 Å². The predicted octanol–water partition coefficient (Wildman–Crippen LogP) is 5.53. The van der Waals surface area contributed by atoms with Crippen molar-refractivity contribution in [3.63, 3.8) is 0 Å². The second-order valence-electron chi connectivity index (χ2n) is 8.61. The first-order valence-corrected chi connectivity index (χ1v) is 10.6. The third kappa shape index (κ3) is 7.92. The van der Waals surface area contributed by atoms with Crippen LogP contribution in [0, 0.1) is 5.92 Å². The van der Waals surface area contributed by atoms with Crippen molar-refractivity contribution in [3.05, 3.63) is 35.4 Å². The fourth-order valence-electron chi connectivity index (χ4n) is 3.68. The second kappa shape index (κ2) is 11.0. The number of nitrogens with zero attached hydrogens (tertiary/aromatic N) is 2. The lowest BCUT2D eigenvalue weighted by Crippen LogP contribution is -2.46. The van der Waals surface area contributed by atoms with Crippen LogP contribution in [0.25, 0.3) is 0 Å². The van der Waals surface area contributed by atoms with Crippen molar-refractivity contribution in [3.8, 4) is 0 Å². The van der Waals surface area contributed by atoms with Gasteiger partial charge in [-0.05, 0) is 35.9 Å². The molecule has 0 N–H and O–H groups in total. The minimum atomic E-state index is 0.628. The maximum atomic E-state index is 2.67. The Kier molecular flexibility index (Phi) is 8.98. The minimum absolute atomic E-state index is 0.628. The van der Waals surface area contributed by atoms with Crippen LogP contribution >= 0.6 is 0 Å². The quantitative estimate of drug-likeness (QED) is 0.515. The van der Waals surface area contributed by atoms with Gasteiger partial charge in [-0.3, -0.25) is 4.90 Å². The Morgan fingerprint density at radius 1 is 0.760 bits per heavy atom. The molecule has 1 heterocycles. The van der Waals surface area contributed by atoms with Gasteiger partial charge in [-0.25, -0.2) is 0 Å². The molecule has 0 unspecified atom stereocenters. The van der Waals surface area contributed by atoms with Crippen LogP contribution < -0.4 is 0 Å². The first-order chi connectivity index (χ1) is 12.0. The van der Waals surface area contributed by atoms with Crippen LogP contribution in [0.2, 0.25) is 0 Å². The fraction of sp³-hybridized carbons (Fsp3) is 0.739. The number of rotatable bonds is 10. The largest absolute Gasteiger partial charge is 0.301 e. The van der Waals surface area contributed by atoms with E-state index in [4.69, 9.17) is 0 Å². The molecule has 2 rings (SSSR count). The Bertz CT molecular complexity index is 455. The number of hydrogen-bond donors (Lipinski definition) is 0. The van der Waals surface area contributed by atoms with Gasteiger partial charge >= 0.3 is 0 Å². The SMILES string of the molecule is CC(C)CCCCCCN1CCN(Cc2ccc(C(C)C)cc2)CC1. The van der Waals surface area contributed by atoms with Crippen LogP contribution in [-0.2, 0) is 6.54 Å². The maximum absolute atomic E-state index is 2.67. The molecule has 2 nitrogen and oxygen atoms in total. The fourth-order valence-corrected chi connectivity index (χ4v) is 3.68. The highest BCUT2D eigenvalue weighted by molar-refractivity contribution is 5.24. The van der Waals surface area contributed by atoms with E-state index in [0.29, 0.717) is 5.92 Å². The van der Waals surface area contributed by atoms with Gasteiger partial charge in [0.15, 0.2) is 0 Å². The normalized spacial score (nSPS) is 16.9. The van der Waals surface area contributed by atoms with Gasteiger partial charge in [0, 0.05) is 32.7 Å². The highest BCUT2D eigenvalue weighted by atomic mass is 15.3. The van der Waals surface area contributed by atoms with Crippen LogP contribution in [0.15, 0.2) is 24.3 Å². The summed E-state index contributed by atoms with van der Waals surface area (Å²) in [5, 5.41) is 0. The molecule has 1 saturated heterocycles. The monoisotopic (exact) mass is 344 g/mol. The van der Waals surface area contributed by atoms with Crippen molar-refractivity contribution < 1.29 is 0 Å². The van der Waals surface area contributed by atoms with Crippen molar-refractivity contribution in [2.24, 2.45) is 5.92 Å². The van der Waals surface area contributed by atoms with E-state index in [1.165, 1.54) is 76.0 Å². The number of unbranched alkanes of at least 4 members (excludes halogenated alkanes) is 3. The molecule has 25 heavy (non-hydrogen) atoms. The molecule has 2 heteroatoms. The molecule has 0 aliphatic carbocycles. The summed E-state index contributed by atoms with van der Waals surface area (Å²) < 4.78 is 0. The maximum Gasteiger partial charge on any atom is 0.0234 e. The molecule has 0 amide bonds. The zero-order valence-corrected chi connectivity index (χ0v) is 17.1. The van der Waals surface area contributed by atoms with Gasteiger partial charge in [0.05, 0.1) is 0 Å². The molecule has 0 bridgehead atoms. The average Bonchev–Trinajstić information content (AvgIpc) is 2.59. The molecule has 1 aliphatic rings. The minimum Gasteiger partial charge on any atom is -0.301 e. The lowest BCUT2D eigenvalue weighted by Gasteiger charge is -2.34. The lowest BCUT2D eigenvalue weighted by atomic mass is 10.0. The van der Waals surface area contributed by atoms with Crippen molar-refractivity contribution in [2.45, 2.75) is 72.3 Å². The Labute approximate surface area is 156 Å². The van der Waals surface area contributed by atoms with Gasteiger partial charge in [0.1, 0.15) is 0 Å². The lowest BCUT2D eigenvalue weighted by molar-refractivity contribution is 0.125. The molecule has 142 valence electrons. The third-order valence-corrected chi connectivity index (χ3v) is 5.52. The second-order valence-corrected chi connectivity index (χ2v) is 8.61. The zero-order valence-electron chi connectivity index (χ0n) is 17.1. The van der Waals surface area contributed by atoms with E-state index in [-0.39, 0.29) is 0 Å². The summed E-state index contributed by atoms with van der Waals surface area (Å²) in [7, 11) is 0. The molecule has 0 radical (unpaired) electrons. The summed E-state index contributed by atoms with van der Waals surface area (Å²) in [6, 6.07) is 9.24. The molecule has 0 spiro atoms. The first-order valence-electron chi connectivity index (χ1n) is 10.6. The van der Waals surface area contributed by atoms with E-state index in [9.17, 15) is 0 Å². The van der Waals surface area contributed by atoms with Crippen LogP contribution in [0.3, 0.4) is 0 Å². The van der Waals surface area contributed by atoms with Gasteiger partial charge in [0.2, 0.25) is 0 Å². The Hall–Kier alpha value is -0.860. The molecular weight excluding hydrogens is 304 g/mol. The predicted molar refractivity (Wildman–Crippen MR) is 110 cm³/mol. The average molecular weight is 345 g/mol. The van der Waals surface area contributed by atoms with Gasteiger partial charge in [-0.2, -0.15) is 0 Å². The summed E-state index contributed by atoms with van der Waals surface area (Å²) in [4.78, 5) is 5.28. The molecule has 1 aliphatic heterocycles. The van der Waals surface area contributed by atoms with E-state index in [0.717, 1.165) is 12.5 Å². The molecule has 1 aromatic carbocycles. The number of benzene rings is 1. The highest BCUT2D eigenvalue weighted by Crippen LogP contribution is 2.16. The van der Waals surface area contributed by atoms with Crippen molar-refractivity contribution in [1.29, 1.82) is 0 Å². The van der Waals surface area contributed by atoms with E-state index in [2.05, 4.69) is 61.8 Å². The van der Waals surface area contributed by atoms with Crippen molar-refractivity contribution in [1.82, 2.24) is 9.80 Å². The topological polar surface area (TPSA) is 6.48 Å². The standard InChI is InChI=1S/C23H40N2/c1-20(2)9-7-5-6-8-14-24-15-17-25(18-16-24)19-22-10-12-23(13-11-22)21(3)4/h10-13,20-21H,5-9,14-19H2,1-4H3. The van der Waals surface area contributed by atoms with E-state index in [1.807, 2.05) is 0 Å². The van der Waals surface area contributed by atoms with Crippen LogP contribution in [-0.4, -0.2) is 42.5 Å². The Morgan fingerprint density at radius 3 is 1.96 bits per heavy atom. The number of hydrogen-bond acceptors (Lipinski definition) is 2. The third-order valence-electron chi connectivity index (χ3n) is 5.52. The smallest absolute Gasteiger partial charge is 0.0234 e. The summed E-state index contributed by atoms with van der Waals surface area (Å²) in [6.07, 6.45) is 7.03. The zero-order chi connectivity index (χ0) is 18.1.